The smallest absolute Gasteiger partial charge is 0.400 e. The van der Waals surface area contributed by atoms with Gasteiger partial charge in [0, 0.05) is 16.9 Å². The van der Waals surface area contributed by atoms with Crippen LogP contribution < -0.4 is 16.2 Å². The van der Waals surface area contributed by atoms with Crippen LogP contribution >= 0.6 is 0 Å². The van der Waals surface area contributed by atoms with Crippen LogP contribution in [0.15, 0.2) is 48.0 Å². The maximum Gasteiger partial charge on any atom is 0.400 e. The molecule has 0 atom stereocenters. The third-order valence-corrected chi connectivity index (χ3v) is 7.33. The molecule has 1 fully saturated rings. The number of carbonyl (C=O) groups is 1. The molecule has 0 heterocycles. The van der Waals surface area contributed by atoms with E-state index in [0.717, 1.165) is 56.9 Å². The monoisotopic (exact) mass is 514 g/mol. The van der Waals surface area contributed by atoms with E-state index in [1.165, 1.54) is 12.1 Å². The van der Waals surface area contributed by atoms with Crippen LogP contribution in [0.1, 0.15) is 82.3 Å². The Morgan fingerprint density at radius 3 is 2.38 bits per heavy atom. The number of carboxylic acid groups (broad SMARTS) is 1. The van der Waals surface area contributed by atoms with Crippen LogP contribution in [0.25, 0.3) is 6.08 Å². The first-order valence-corrected chi connectivity index (χ1v) is 13.4. The SMILES string of the molecule is CCCC1CCC(C(F)(F)Oc2ccc(C=C(CCCCCc3ccc(N)cc3N)C(=O)O)cc2)CC1. The first-order chi connectivity index (χ1) is 17.7. The molecule has 0 aromatic heterocycles. The summed E-state index contributed by atoms with van der Waals surface area (Å²) in [5, 5.41) is 9.61. The number of benzene rings is 2. The van der Waals surface area contributed by atoms with Gasteiger partial charge in [-0.1, -0.05) is 44.4 Å². The van der Waals surface area contributed by atoms with Crippen LogP contribution in [-0.4, -0.2) is 17.2 Å². The molecule has 0 aliphatic heterocycles. The molecule has 1 saturated carbocycles. The van der Waals surface area contributed by atoms with Crippen molar-refractivity contribution >= 4 is 23.4 Å². The number of alkyl halides is 2. The van der Waals surface area contributed by atoms with Crippen molar-refractivity contribution in [1.82, 2.24) is 0 Å². The molecule has 0 unspecified atom stereocenters. The first-order valence-electron chi connectivity index (χ1n) is 13.4. The van der Waals surface area contributed by atoms with Gasteiger partial charge in [0.2, 0.25) is 0 Å². The number of halogens is 2. The average molecular weight is 515 g/mol. The lowest BCUT2D eigenvalue weighted by molar-refractivity contribution is -0.223. The molecule has 5 nitrogen and oxygen atoms in total. The number of aliphatic carboxylic acids is 1. The van der Waals surface area contributed by atoms with Crippen LogP contribution in [0.2, 0.25) is 0 Å². The van der Waals surface area contributed by atoms with Gasteiger partial charge < -0.3 is 21.3 Å². The highest BCUT2D eigenvalue weighted by molar-refractivity contribution is 5.92. The van der Waals surface area contributed by atoms with E-state index in [1.807, 2.05) is 12.1 Å². The number of unbranched alkanes of at least 4 members (excludes halogenated alkanes) is 2. The lowest BCUT2D eigenvalue weighted by Gasteiger charge is -2.33. The highest BCUT2D eigenvalue weighted by Gasteiger charge is 2.43. The predicted molar refractivity (Wildman–Crippen MR) is 145 cm³/mol. The van der Waals surface area contributed by atoms with Crippen molar-refractivity contribution in [2.24, 2.45) is 11.8 Å². The molecular weight excluding hydrogens is 474 g/mol. The molecule has 7 heteroatoms. The van der Waals surface area contributed by atoms with E-state index in [2.05, 4.69) is 6.92 Å². The fourth-order valence-corrected chi connectivity index (χ4v) is 5.16. The van der Waals surface area contributed by atoms with Gasteiger partial charge in [0.25, 0.3) is 0 Å². The highest BCUT2D eigenvalue weighted by atomic mass is 19.3. The molecule has 0 saturated heterocycles. The van der Waals surface area contributed by atoms with Crippen LogP contribution in [-0.2, 0) is 11.2 Å². The molecule has 5 N–H and O–H groups in total. The largest absolute Gasteiger partial charge is 0.478 e. The predicted octanol–water partition coefficient (Wildman–Crippen LogP) is 7.70. The lowest BCUT2D eigenvalue weighted by Crippen LogP contribution is -2.37. The van der Waals surface area contributed by atoms with E-state index in [4.69, 9.17) is 16.2 Å². The van der Waals surface area contributed by atoms with Crippen molar-refractivity contribution in [3.8, 4) is 5.75 Å². The van der Waals surface area contributed by atoms with E-state index >= 15 is 0 Å². The molecule has 1 aliphatic rings. The second kappa shape index (κ2) is 13.5. The summed E-state index contributed by atoms with van der Waals surface area (Å²) in [6.45, 7) is 2.13. The summed E-state index contributed by atoms with van der Waals surface area (Å²) < 4.78 is 34.6. The van der Waals surface area contributed by atoms with Crippen molar-refractivity contribution in [3.05, 3.63) is 59.2 Å². The van der Waals surface area contributed by atoms with Crippen molar-refractivity contribution in [2.75, 3.05) is 11.5 Å². The number of nitrogen functional groups attached to an aromatic ring is 2. The van der Waals surface area contributed by atoms with Crippen molar-refractivity contribution in [3.63, 3.8) is 0 Å². The van der Waals surface area contributed by atoms with Gasteiger partial charge in [-0.25, -0.2) is 4.79 Å². The molecular formula is C30H40F2N2O3. The average Bonchev–Trinajstić information content (AvgIpc) is 2.85. The summed E-state index contributed by atoms with van der Waals surface area (Å²) in [6.07, 6.45) is 6.89. The molecule has 2 aromatic rings. The quantitative estimate of drug-likeness (QED) is 0.144. The minimum atomic E-state index is -3.21. The Labute approximate surface area is 218 Å². The van der Waals surface area contributed by atoms with E-state index in [0.29, 0.717) is 42.1 Å². The first kappa shape index (κ1) is 28.5. The Morgan fingerprint density at radius 2 is 1.76 bits per heavy atom. The van der Waals surface area contributed by atoms with Crippen LogP contribution in [0.4, 0.5) is 20.2 Å². The summed E-state index contributed by atoms with van der Waals surface area (Å²) in [5.41, 5.74) is 15.0. The molecule has 37 heavy (non-hydrogen) atoms. The topological polar surface area (TPSA) is 98.6 Å². The maximum absolute atomic E-state index is 14.8. The zero-order valence-corrected chi connectivity index (χ0v) is 21.7. The van der Waals surface area contributed by atoms with Gasteiger partial charge in [0.15, 0.2) is 0 Å². The molecule has 2 aromatic carbocycles. The minimum Gasteiger partial charge on any atom is -0.478 e. The Hall–Kier alpha value is -3.09. The number of aryl methyl sites for hydroxylation is 1. The molecule has 0 spiro atoms. The Balaban J connectivity index is 1.49. The number of nitrogens with two attached hydrogens (primary N) is 2. The van der Waals surface area contributed by atoms with E-state index in [9.17, 15) is 18.7 Å². The standard InChI is InChI=1S/C30H40F2N2O3/c1-2-6-21-9-14-25(15-10-21)30(31,32)37-27-17-11-22(12-18-27)19-24(29(35)36)8-5-3-4-7-23-13-16-26(33)20-28(23)34/h11-13,16-21,25H,2-10,14-15,33-34H2,1H3,(H,35,36). The summed E-state index contributed by atoms with van der Waals surface area (Å²) in [7, 11) is 0. The van der Waals surface area contributed by atoms with Gasteiger partial charge >= 0.3 is 12.1 Å². The van der Waals surface area contributed by atoms with E-state index in [-0.39, 0.29) is 11.3 Å². The summed E-state index contributed by atoms with van der Waals surface area (Å²) >= 11 is 0. The highest BCUT2D eigenvalue weighted by Crippen LogP contribution is 2.41. The van der Waals surface area contributed by atoms with Crippen LogP contribution in [0.3, 0.4) is 0 Å². The molecule has 0 amide bonds. The zero-order chi connectivity index (χ0) is 26.8. The summed E-state index contributed by atoms with van der Waals surface area (Å²) in [6, 6.07) is 11.7. The number of hydrogen-bond acceptors (Lipinski definition) is 4. The van der Waals surface area contributed by atoms with E-state index in [1.54, 1.807) is 24.3 Å². The van der Waals surface area contributed by atoms with Gasteiger partial charge in [0.1, 0.15) is 5.75 Å². The number of hydrogen-bond donors (Lipinski definition) is 3. The van der Waals surface area contributed by atoms with Crippen molar-refractivity contribution in [2.45, 2.75) is 83.7 Å². The number of ether oxygens (including phenoxy) is 1. The number of carboxylic acids is 1. The molecule has 202 valence electrons. The fourth-order valence-electron chi connectivity index (χ4n) is 5.16. The molecule has 0 bridgehead atoms. The third-order valence-electron chi connectivity index (χ3n) is 7.33. The van der Waals surface area contributed by atoms with Gasteiger partial charge in [-0.3, -0.25) is 0 Å². The molecule has 1 aliphatic carbocycles. The molecule has 0 radical (unpaired) electrons. The van der Waals surface area contributed by atoms with Gasteiger partial charge in [-0.15, -0.1) is 0 Å². The second-order valence-electron chi connectivity index (χ2n) is 10.2. The third kappa shape index (κ3) is 8.76. The minimum absolute atomic E-state index is 0.0941. The summed E-state index contributed by atoms with van der Waals surface area (Å²) in [5.74, 6) is -1.10. The van der Waals surface area contributed by atoms with E-state index < -0.39 is 18.0 Å². The van der Waals surface area contributed by atoms with Gasteiger partial charge in [0.05, 0.1) is 5.92 Å². The Kier molecular flexibility index (Phi) is 10.4. The summed E-state index contributed by atoms with van der Waals surface area (Å²) in [4.78, 5) is 11.7. The lowest BCUT2D eigenvalue weighted by atomic mass is 9.79. The number of anilines is 2. The van der Waals surface area contributed by atoms with Crippen LogP contribution in [0, 0.1) is 11.8 Å². The van der Waals surface area contributed by atoms with Crippen molar-refractivity contribution < 1.29 is 23.4 Å². The normalized spacial score (nSPS) is 18.5. The van der Waals surface area contributed by atoms with Crippen LogP contribution in [0.5, 0.6) is 5.75 Å². The Bertz CT molecular complexity index is 1050. The zero-order valence-electron chi connectivity index (χ0n) is 21.7. The molecule has 3 rings (SSSR count). The Morgan fingerprint density at radius 1 is 1.05 bits per heavy atom. The maximum atomic E-state index is 14.8. The second-order valence-corrected chi connectivity index (χ2v) is 10.2. The van der Waals surface area contributed by atoms with Crippen molar-refractivity contribution in [1.29, 1.82) is 0 Å². The van der Waals surface area contributed by atoms with Gasteiger partial charge in [-0.05, 0) is 98.8 Å². The number of rotatable bonds is 13. The fraction of sp³-hybridized carbons (Fsp3) is 0.500. The van der Waals surface area contributed by atoms with Gasteiger partial charge in [-0.2, -0.15) is 8.78 Å².